The lowest BCUT2D eigenvalue weighted by Gasteiger charge is -2.34. The Morgan fingerprint density at radius 2 is 2.32 bits per heavy atom. The van der Waals surface area contributed by atoms with Crippen LogP contribution in [0.15, 0.2) is 12.1 Å². The van der Waals surface area contributed by atoms with Crippen LogP contribution < -0.4 is 10.2 Å². The molecular weight excluding hydrogens is 248 g/mol. The van der Waals surface area contributed by atoms with Crippen LogP contribution in [-0.2, 0) is 0 Å². The molecule has 7 nitrogen and oxygen atoms in total. The minimum atomic E-state index is -0.419. The molecule has 0 aliphatic carbocycles. The van der Waals surface area contributed by atoms with E-state index in [1.807, 2.05) is 11.8 Å². The summed E-state index contributed by atoms with van der Waals surface area (Å²) in [4.78, 5) is 16.8. The Morgan fingerprint density at radius 1 is 1.58 bits per heavy atom. The number of nitrogens with one attached hydrogen (secondary N) is 1. The lowest BCUT2D eigenvalue weighted by molar-refractivity contribution is -0.384. The molecule has 1 aliphatic rings. The number of piperidine rings is 1. The molecule has 104 valence electrons. The van der Waals surface area contributed by atoms with E-state index in [0.717, 1.165) is 0 Å². The second-order valence-electron chi connectivity index (χ2n) is 4.83. The van der Waals surface area contributed by atoms with Crippen LogP contribution in [0.2, 0.25) is 0 Å². The van der Waals surface area contributed by atoms with Gasteiger partial charge in [-0.05, 0) is 18.4 Å². The number of hydrogen-bond acceptors (Lipinski definition) is 6. The quantitative estimate of drug-likeness (QED) is 0.631. The summed E-state index contributed by atoms with van der Waals surface area (Å²) < 4.78 is 0. The Bertz CT molecular complexity index is 480. The van der Waals surface area contributed by atoms with Gasteiger partial charge in [0.15, 0.2) is 0 Å². The van der Waals surface area contributed by atoms with Crippen molar-refractivity contribution in [1.82, 2.24) is 4.98 Å². The molecule has 1 saturated heterocycles. The third-order valence-corrected chi connectivity index (χ3v) is 3.47. The molecule has 2 heterocycles. The molecule has 1 aliphatic heterocycles. The summed E-state index contributed by atoms with van der Waals surface area (Å²) >= 11 is 0. The predicted molar refractivity (Wildman–Crippen MR) is 72.4 cm³/mol. The Morgan fingerprint density at radius 3 is 2.89 bits per heavy atom. The molecule has 0 aromatic carbocycles. The van der Waals surface area contributed by atoms with E-state index >= 15 is 0 Å². The fourth-order valence-corrected chi connectivity index (χ4v) is 2.28. The Hall–Kier alpha value is -1.89. The summed E-state index contributed by atoms with van der Waals surface area (Å²) in [6.07, 6.45) is 0.256. The summed E-state index contributed by atoms with van der Waals surface area (Å²) in [5, 5.41) is 23.7. The van der Waals surface area contributed by atoms with Gasteiger partial charge < -0.3 is 15.3 Å². The highest BCUT2D eigenvalue weighted by Crippen LogP contribution is 2.30. The van der Waals surface area contributed by atoms with E-state index in [0.29, 0.717) is 31.1 Å². The van der Waals surface area contributed by atoms with Crippen molar-refractivity contribution in [3.8, 4) is 0 Å². The summed E-state index contributed by atoms with van der Waals surface area (Å²) in [5.74, 6) is 1.04. The molecule has 2 unspecified atom stereocenters. The summed E-state index contributed by atoms with van der Waals surface area (Å²) in [6, 6.07) is 3.05. The highest BCUT2D eigenvalue weighted by Gasteiger charge is 2.29. The van der Waals surface area contributed by atoms with Crippen molar-refractivity contribution < 1.29 is 10.0 Å². The lowest BCUT2D eigenvalue weighted by Crippen LogP contribution is -2.42. The maximum absolute atomic E-state index is 11.1. The Balaban J connectivity index is 2.34. The van der Waals surface area contributed by atoms with Crippen molar-refractivity contribution in [2.24, 2.45) is 5.92 Å². The molecule has 0 spiro atoms. The molecule has 0 bridgehead atoms. The van der Waals surface area contributed by atoms with E-state index in [-0.39, 0.29) is 17.7 Å². The average molecular weight is 266 g/mol. The van der Waals surface area contributed by atoms with Crippen LogP contribution in [0.3, 0.4) is 0 Å². The van der Waals surface area contributed by atoms with Gasteiger partial charge in [-0.3, -0.25) is 10.1 Å². The molecule has 2 rings (SSSR count). The summed E-state index contributed by atoms with van der Waals surface area (Å²) in [7, 11) is 1.72. The zero-order valence-electron chi connectivity index (χ0n) is 11.0. The zero-order chi connectivity index (χ0) is 14.0. The van der Waals surface area contributed by atoms with E-state index in [4.69, 9.17) is 0 Å². The molecular formula is C12H18N4O3. The summed E-state index contributed by atoms with van der Waals surface area (Å²) in [6.45, 7) is 3.08. The minimum Gasteiger partial charge on any atom is -0.393 e. The van der Waals surface area contributed by atoms with Gasteiger partial charge in [-0.25, -0.2) is 4.98 Å². The van der Waals surface area contributed by atoms with E-state index in [2.05, 4.69) is 10.3 Å². The van der Waals surface area contributed by atoms with Gasteiger partial charge in [-0.1, -0.05) is 6.92 Å². The number of aliphatic hydroxyl groups is 1. The van der Waals surface area contributed by atoms with Crippen molar-refractivity contribution in [2.45, 2.75) is 19.4 Å². The van der Waals surface area contributed by atoms with Crippen LogP contribution in [0.1, 0.15) is 13.3 Å². The minimum absolute atomic E-state index is 0.00240. The Labute approximate surface area is 111 Å². The number of nitro groups is 1. The molecule has 0 radical (unpaired) electrons. The van der Waals surface area contributed by atoms with Gasteiger partial charge in [0.2, 0.25) is 5.82 Å². The fourth-order valence-electron chi connectivity index (χ4n) is 2.28. The van der Waals surface area contributed by atoms with Crippen LogP contribution in [0.4, 0.5) is 17.3 Å². The SMILES string of the molecule is CNc1ccc([N+](=O)[O-])c(N2CCC(O)C(C)C2)n1. The maximum Gasteiger partial charge on any atom is 0.311 e. The number of nitrogens with zero attached hydrogens (tertiary/aromatic N) is 3. The maximum atomic E-state index is 11.1. The first-order valence-corrected chi connectivity index (χ1v) is 6.29. The van der Waals surface area contributed by atoms with Crippen molar-refractivity contribution in [1.29, 1.82) is 0 Å². The van der Waals surface area contributed by atoms with E-state index < -0.39 is 4.92 Å². The largest absolute Gasteiger partial charge is 0.393 e. The molecule has 1 fully saturated rings. The second kappa shape index (κ2) is 5.40. The number of aliphatic hydroxyl groups excluding tert-OH is 1. The summed E-state index contributed by atoms with van der Waals surface area (Å²) in [5.41, 5.74) is 0.00240. The van der Waals surface area contributed by atoms with Gasteiger partial charge in [0, 0.05) is 26.2 Å². The molecule has 0 saturated carbocycles. The third kappa shape index (κ3) is 2.76. The first kappa shape index (κ1) is 13.5. The van der Waals surface area contributed by atoms with Gasteiger partial charge in [-0.2, -0.15) is 0 Å². The highest BCUT2D eigenvalue weighted by atomic mass is 16.6. The van der Waals surface area contributed by atoms with Gasteiger partial charge >= 0.3 is 5.69 Å². The van der Waals surface area contributed by atoms with E-state index in [1.165, 1.54) is 6.07 Å². The van der Waals surface area contributed by atoms with Crippen molar-refractivity contribution >= 4 is 17.3 Å². The topological polar surface area (TPSA) is 91.5 Å². The van der Waals surface area contributed by atoms with Gasteiger partial charge in [0.05, 0.1) is 11.0 Å². The molecule has 7 heteroatoms. The first-order valence-electron chi connectivity index (χ1n) is 6.29. The molecule has 1 aromatic heterocycles. The van der Waals surface area contributed by atoms with E-state index in [1.54, 1.807) is 13.1 Å². The van der Waals surface area contributed by atoms with Crippen molar-refractivity contribution in [3.05, 3.63) is 22.2 Å². The lowest BCUT2D eigenvalue weighted by atomic mass is 9.97. The second-order valence-corrected chi connectivity index (χ2v) is 4.83. The molecule has 2 atom stereocenters. The predicted octanol–water partition coefficient (Wildman–Crippen LogP) is 1.24. The van der Waals surface area contributed by atoms with E-state index in [9.17, 15) is 15.2 Å². The van der Waals surface area contributed by atoms with Crippen LogP contribution in [0.5, 0.6) is 0 Å². The van der Waals surface area contributed by atoms with Crippen LogP contribution in [-0.4, -0.2) is 41.3 Å². The first-order chi connectivity index (χ1) is 9.02. The monoisotopic (exact) mass is 266 g/mol. The smallest absolute Gasteiger partial charge is 0.311 e. The number of hydrogen-bond donors (Lipinski definition) is 2. The van der Waals surface area contributed by atoms with Crippen molar-refractivity contribution in [3.63, 3.8) is 0 Å². The zero-order valence-corrected chi connectivity index (χ0v) is 11.0. The van der Waals surface area contributed by atoms with Gasteiger partial charge in [-0.15, -0.1) is 0 Å². The average Bonchev–Trinajstić information content (AvgIpc) is 2.41. The molecule has 19 heavy (non-hydrogen) atoms. The number of rotatable bonds is 3. The van der Waals surface area contributed by atoms with Crippen LogP contribution in [0, 0.1) is 16.0 Å². The highest BCUT2D eigenvalue weighted by molar-refractivity contribution is 5.62. The standard InChI is InChI=1S/C12H18N4O3/c1-8-7-15(6-5-10(8)17)12-9(16(18)19)3-4-11(13-2)14-12/h3-4,8,10,17H,5-7H2,1-2H3,(H,13,14). The fraction of sp³-hybridized carbons (Fsp3) is 0.583. The normalized spacial score (nSPS) is 23.2. The number of anilines is 2. The van der Waals surface area contributed by atoms with Gasteiger partial charge in [0.25, 0.3) is 0 Å². The molecule has 1 aromatic rings. The van der Waals surface area contributed by atoms with Crippen LogP contribution in [0.25, 0.3) is 0 Å². The van der Waals surface area contributed by atoms with Crippen LogP contribution >= 0.6 is 0 Å². The number of aromatic nitrogens is 1. The molecule has 0 amide bonds. The van der Waals surface area contributed by atoms with Crippen molar-refractivity contribution in [2.75, 3.05) is 30.4 Å². The Kier molecular flexibility index (Phi) is 3.84. The third-order valence-electron chi connectivity index (χ3n) is 3.47. The number of pyridine rings is 1. The van der Waals surface area contributed by atoms with Gasteiger partial charge in [0.1, 0.15) is 5.82 Å². The molecule has 2 N–H and O–H groups in total.